The van der Waals surface area contributed by atoms with E-state index in [0.29, 0.717) is 31.2 Å². The van der Waals surface area contributed by atoms with Crippen LogP contribution in [0.15, 0.2) is 42.5 Å². The molecule has 2 aliphatic rings. The number of ketones is 1. The second-order valence-corrected chi connectivity index (χ2v) is 7.96. The SMILES string of the molecule is O=C(c1ccc2nc(C3CC3)n(Cc3ccccc3Cl)c2c1)C1CNCCO1. The van der Waals surface area contributed by atoms with Gasteiger partial charge < -0.3 is 14.6 Å². The molecule has 144 valence electrons. The van der Waals surface area contributed by atoms with E-state index in [2.05, 4.69) is 9.88 Å². The Morgan fingerprint density at radius 2 is 2.11 bits per heavy atom. The van der Waals surface area contributed by atoms with Crippen molar-refractivity contribution in [3.63, 3.8) is 0 Å². The number of hydrogen-bond acceptors (Lipinski definition) is 4. The largest absolute Gasteiger partial charge is 0.367 e. The van der Waals surface area contributed by atoms with Crippen molar-refractivity contribution in [1.29, 1.82) is 0 Å². The summed E-state index contributed by atoms with van der Waals surface area (Å²) >= 11 is 6.41. The second-order valence-electron chi connectivity index (χ2n) is 7.55. The molecule has 6 heteroatoms. The van der Waals surface area contributed by atoms with E-state index < -0.39 is 6.10 Å². The number of carbonyl (C=O) groups excluding carboxylic acids is 1. The molecule has 1 atom stereocenters. The number of morpholine rings is 1. The summed E-state index contributed by atoms with van der Waals surface area (Å²) in [6.07, 6.45) is 1.91. The summed E-state index contributed by atoms with van der Waals surface area (Å²) in [5.74, 6) is 1.61. The number of nitrogens with one attached hydrogen (secondary N) is 1. The Labute approximate surface area is 168 Å². The topological polar surface area (TPSA) is 56.2 Å². The first-order chi connectivity index (χ1) is 13.7. The average Bonchev–Trinajstić information content (AvgIpc) is 3.52. The van der Waals surface area contributed by atoms with Gasteiger partial charge in [-0.25, -0.2) is 4.98 Å². The number of nitrogens with zero attached hydrogens (tertiary/aromatic N) is 2. The van der Waals surface area contributed by atoms with Gasteiger partial charge in [0.05, 0.1) is 24.2 Å². The molecule has 1 aromatic heterocycles. The van der Waals surface area contributed by atoms with E-state index in [0.717, 1.165) is 34.0 Å². The Morgan fingerprint density at radius 1 is 1.25 bits per heavy atom. The molecule has 2 heterocycles. The van der Waals surface area contributed by atoms with E-state index in [1.807, 2.05) is 42.5 Å². The first kappa shape index (κ1) is 17.9. The highest BCUT2D eigenvalue weighted by Gasteiger charge is 2.30. The van der Waals surface area contributed by atoms with Crippen LogP contribution in [0, 0.1) is 0 Å². The number of rotatable bonds is 5. The zero-order chi connectivity index (χ0) is 19.1. The second kappa shape index (κ2) is 7.32. The zero-order valence-corrected chi connectivity index (χ0v) is 16.3. The molecule has 1 unspecified atom stereocenters. The first-order valence-electron chi connectivity index (χ1n) is 9.81. The Balaban J connectivity index is 1.56. The molecule has 2 aromatic carbocycles. The highest BCUT2D eigenvalue weighted by molar-refractivity contribution is 6.31. The predicted octanol–water partition coefficient (Wildman–Crippen LogP) is 3.79. The third kappa shape index (κ3) is 3.34. The normalized spacial score (nSPS) is 19.8. The van der Waals surface area contributed by atoms with Gasteiger partial charge in [-0.3, -0.25) is 4.79 Å². The summed E-state index contributed by atoms with van der Waals surface area (Å²) in [5.41, 5.74) is 3.63. The monoisotopic (exact) mass is 395 g/mol. The molecule has 1 aliphatic carbocycles. The molecule has 0 bridgehead atoms. The van der Waals surface area contributed by atoms with E-state index >= 15 is 0 Å². The van der Waals surface area contributed by atoms with Gasteiger partial charge in [0, 0.05) is 29.6 Å². The minimum atomic E-state index is -0.422. The third-order valence-electron chi connectivity index (χ3n) is 5.51. The maximum Gasteiger partial charge on any atom is 0.192 e. The number of ether oxygens (including phenoxy) is 1. The fourth-order valence-electron chi connectivity index (χ4n) is 3.83. The minimum absolute atomic E-state index is 0.0209. The highest BCUT2D eigenvalue weighted by Crippen LogP contribution is 2.41. The van der Waals surface area contributed by atoms with Gasteiger partial charge >= 0.3 is 0 Å². The Bertz CT molecular complexity index is 1040. The van der Waals surface area contributed by atoms with E-state index in [9.17, 15) is 4.79 Å². The molecule has 0 radical (unpaired) electrons. The number of benzene rings is 2. The zero-order valence-electron chi connectivity index (χ0n) is 15.5. The van der Waals surface area contributed by atoms with Crippen LogP contribution in [0.2, 0.25) is 5.02 Å². The number of imidazole rings is 1. The third-order valence-corrected chi connectivity index (χ3v) is 5.88. The maximum atomic E-state index is 12.9. The van der Waals surface area contributed by atoms with Crippen molar-refractivity contribution in [2.45, 2.75) is 31.4 Å². The van der Waals surface area contributed by atoms with Crippen LogP contribution in [0.3, 0.4) is 0 Å². The van der Waals surface area contributed by atoms with Gasteiger partial charge in [0.25, 0.3) is 0 Å². The number of carbonyl (C=O) groups is 1. The molecule has 1 aliphatic heterocycles. The summed E-state index contributed by atoms with van der Waals surface area (Å²) in [6.45, 7) is 2.57. The summed E-state index contributed by atoms with van der Waals surface area (Å²) < 4.78 is 7.88. The average molecular weight is 396 g/mol. The molecule has 3 aromatic rings. The van der Waals surface area contributed by atoms with E-state index in [1.165, 1.54) is 12.8 Å². The summed E-state index contributed by atoms with van der Waals surface area (Å²) in [4.78, 5) is 17.8. The molecule has 1 saturated carbocycles. The lowest BCUT2D eigenvalue weighted by molar-refractivity contribution is 0.0269. The van der Waals surface area contributed by atoms with Crippen molar-refractivity contribution in [2.24, 2.45) is 0 Å². The van der Waals surface area contributed by atoms with Gasteiger partial charge in [0.2, 0.25) is 0 Å². The smallest absolute Gasteiger partial charge is 0.192 e. The number of fused-ring (bicyclic) bond motifs is 1. The van der Waals surface area contributed by atoms with Gasteiger partial charge in [0.15, 0.2) is 5.78 Å². The molecular weight excluding hydrogens is 374 g/mol. The van der Waals surface area contributed by atoms with Gasteiger partial charge in [-0.2, -0.15) is 0 Å². The van der Waals surface area contributed by atoms with Crippen molar-refractivity contribution in [1.82, 2.24) is 14.9 Å². The van der Waals surface area contributed by atoms with Crippen LogP contribution < -0.4 is 5.32 Å². The van der Waals surface area contributed by atoms with Crippen molar-refractivity contribution < 1.29 is 9.53 Å². The molecule has 28 heavy (non-hydrogen) atoms. The lowest BCUT2D eigenvalue weighted by Gasteiger charge is -2.22. The van der Waals surface area contributed by atoms with Gasteiger partial charge in [0.1, 0.15) is 11.9 Å². The fraction of sp³-hybridized carbons (Fsp3) is 0.364. The molecule has 0 spiro atoms. The fourth-order valence-corrected chi connectivity index (χ4v) is 4.03. The molecule has 1 N–H and O–H groups in total. The van der Waals surface area contributed by atoms with Gasteiger partial charge in [-0.1, -0.05) is 29.8 Å². The summed E-state index contributed by atoms with van der Waals surface area (Å²) in [6, 6.07) is 13.7. The van der Waals surface area contributed by atoms with Gasteiger partial charge in [-0.05, 0) is 42.7 Å². The van der Waals surface area contributed by atoms with Crippen LogP contribution in [-0.4, -0.2) is 41.1 Å². The number of halogens is 1. The summed E-state index contributed by atoms with van der Waals surface area (Å²) in [7, 11) is 0. The lowest BCUT2D eigenvalue weighted by Crippen LogP contribution is -2.43. The number of hydrogen-bond donors (Lipinski definition) is 1. The summed E-state index contributed by atoms with van der Waals surface area (Å²) in [5, 5.41) is 3.97. The predicted molar refractivity (Wildman–Crippen MR) is 109 cm³/mol. The minimum Gasteiger partial charge on any atom is -0.367 e. The molecule has 5 nitrogen and oxygen atoms in total. The van der Waals surface area contributed by atoms with E-state index in [1.54, 1.807) is 0 Å². The van der Waals surface area contributed by atoms with Crippen molar-refractivity contribution >= 4 is 28.4 Å². The molecule has 1 saturated heterocycles. The Kier molecular flexibility index (Phi) is 4.67. The van der Waals surface area contributed by atoms with Crippen LogP contribution in [0.5, 0.6) is 0 Å². The van der Waals surface area contributed by atoms with Crippen LogP contribution in [0.25, 0.3) is 11.0 Å². The van der Waals surface area contributed by atoms with Gasteiger partial charge in [-0.15, -0.1) is 0 Å². The highest BCUT2D eigenvalue weighted by atomic mass is 35.5. The van der Waals surface area contributed by atoms with Crippen LogP contribution >= 0.6 is 11.6 Å². The Morgan fingerprint density at radius 3 is 2.86 bits per heavy atom. The quantitative estimate of drug-likeness (QED) is 0.668. The molecular formula is C22H22ClN3O2. The molecule has 0 amide bonds. The van der Waals surface area contributed by atoms with Crippen molar-refractivity contribution in [3.05, 3.63) is 64.4 Å². The van der Waals surface area contributed by atoms with E-state index in [-0.39, 0.29) is 5.78 Å². The maximum absolute atomic E-state index is 12.9. The molecule has 5 rings (SSSR count). The number of Topliss-reactive ketones (excluding diaryl/α,β-unsaturated/α-hetero) is 1. The van der Waals surface area contributed by atoms with Crippen LogP contribution in [-0.2, 0) is 11.3 Å². The van der Waals surface area contributed by atoms with Crippen LogP contribution in [0.4, 0.5) is 0 Å². The standard InChI is InChI=1S/C22H22ClN3O2/c23-17-4-2-1-3-16(17)13-26-19-11-15(21(27)20-12-24-9-10-28-20)7-8-18(19)25-22(26)14-5-6-14/h1-4,7-8,11,14,20,24H,5-6,9-10,12-13H2. The van der Waals surface area contributed by atoms with Crippen LogP contribution in [0.1, 0.15) is 40.5 Å². The lowest BCUT2D eigenvalue weighted by atomic mass is 10.0. The van der Waals surface area contributed by atoms with Crippen molar-refractivity contribution in [2.75, 3.05) is 19.7 Å². The number of aromatic nitrogens is 2. The van der Waals surface area contributed by atoms with E-state index in [4.69, 9.17) is 21.3 Å². The van der Waals surface area contributed by atoms with Crippen molar-refractivity contribution in [3.8, 4) is 0 Å². The Hall–Kier alpha value is -2.21. The molecule has 2 fully saturated rings. The first-order valence-corrected chi connectivity index (χ1v) is 10.2.